The molecule has 1 aromatic carbocycles. The van der Waals surface area contributed by atoms with Crippen molar-refractivity contribution >= 4 is 5.91 Å². The van der Waals surface area contributed by atoms with Crippen LogP contribution < -0.4 is 16.1 Å². The summed E-state index contributed by atoms with van der Waals surface area (Å²) in [6.07, 6.45) is -9.79. The highest BCUT2D eigenvalue weighted by atomic mass is 19.4. The lowest BCUT2D eigenvalue weighted by molar-refractivity contribution is -0.139. The molecule has 11 heteroatoms. The second-order valence-corrected chi connectivity index (χ2v) is 8.33. The summed E-state index contributed by atoms with van der Waals surface area (Å²) in [5.74, 6) is -1.93. The highest BCUT2D eigenvalue weighted by Crippen LogP contribution is 2.43. The molecule has 0 saturated carbocycles. The average Bonchev–Trinajstić information content (AvgIpc) is 2.93. The van der Waals surface area contributed by atoms with Crippen molar-refractivity contribution in [3.63, 3.8) is 0 Å². The minimum atomic E-state index is -4.50. The third kappa shape index (κ3) is 4.23. The molecule has 0 radical (unpaired) electrons. The fourth-order valence-corrected chi connectivity index (χ4v) is 4.01. The summed E-state index contributed by atoms with van der Waals surface area (Å²) in [7, 11) is 0. The number of carbonyl (C=O) groups is 1. The van der Waals surface area contributed by atoms with Crippen molar-refractivity contribution in [3.05, 3.63) is 35.4 Å². The number of hydrogen-bond acceptors (Lipinski definition) is 5. The predicted octanol–water partition coefficient (Wildman–Crippen LogP) is 2.18. The number of hydrogen-bond donors (Lipinski definition) is 4. The van der Waals surface area contributed by atoms with Crippen LogP contribution in [0.1, 0.15) is 37.9 Å². The van der Waals surface area contributed by atoms with Gasteiger partial charge >= 0.3 is 6.18 Å². The number of hydrazine groups is 1. The number of aliphatic hydroxyl groups is 1. The maximum Gasteiger partial charge on any atom is 0.416 e. The van der Waals surface area contributed by atoms with Gasteiger partial charge < -0.3 is 10.4 Å². The number of fused-ring (bicyclic) bond motifs is 1. The molecule has 0 aromatic heterocycles. The number of benzene rings is 1. The zero-order valence-corrected chi connectivity index (χ0v) is 16.0. The van der Waals surface area contributed by atoms with Crippen LogP contribution in [0.5, 0.6) is 0 Å². The van der Waals surface area contributed by atoms with Gasteiger partial charge in [0.2, 0.25) is 5.91 Å². The third-order valence-corrected chi connectivity index (χ3v) is 5.16. The zero-order valence-electron chi connectivity index (χ0n) is 16.0. The maximum atomic E-state index is 13.6. The molecular weight excluding hydrogens is 399 g/mol. The van der Waals surface area contributed by atoms with Gasteiger partial charge in [-0.25, -0.2) is 19.2 Å². The quantitative estimate of drug-likeness (QED) is 0.562. The van der Waals surface area contributed by atoms with Crippen LogP contribution in [0, 0.1) is 11.3 Å². The van der Waals surface area contributed by atoms with E-state index in [1.807, 2.05) is 0 Å². The maximum absolute atomic E-state index is 13.6. The van der Waals surface area contributed by atoms with Crippen molar-refractivity contribution in [1.29, 1.82) is 0 Å². The predicted molar refractivity (Wildman–Crippen MR) is 93.0 cm³/mol. The minimum Gasteiger partial charge on any atom is -0.361 e. The van der Waals surface area contributed by atoms with Gasteiger partial charge in [0.15, 0.2) is 6.35 Å². The first kappa shape index (κ1) is 21.9. The van der Waals surface area contributed by atoms with Gasteiger partial charge in [-0.15, -0.1) is 0 Å². The van der Waals surface area contributed by atoms with Crippen LogP contribution in [0.3, 0.4) is 0 Å². The lowest BCUT2D eigenvalue weighted by atomic mass is 9.81. The van der Waals surface area contributed by atoms with Gasteiger partial charge in [-0.2, -0.15) is 13.2 Å². The summed E-state index contributed by atoms with van der Waals surface area (Å²) < 4.78 is 66.0. The van der Waals surface area contributed by atoms with Crippen LogP contribution in [0.25, 0.3) is 0 Å². The number of rotatable bonds is 3. The van der Waals surface area contributed by atoms with E-state index in [2.05, 4.69) is 16.1 Å². The Morgan fingerprint density at radius 1 is 1.10 bits per heavy atom. The number of carbonyl (C=O) groups excluding carboxylic acids is 1. The van der Waals surface area contributed by atoms with Gasteiger partial charge in [0.1, 0.15) is 0 Å². The Morgan fingerprint density at radius 3 is 2.17 bits per heavy atom. The van der Waals surface area contributed by atoms with E-state index >= 15 is 0 Å². The third-order valence-electron chi connectivity index (χ3n) is 5.16. The molecule has 3 rings (SSSR count). The van der Waals surface area contributed by atoms with Crippen LogP contribution in [-0.2, 0) is 11.0 Å². The number of aliphatic hydroxyl groups excluding tert-OH is 1. The molecule has 4 N–H and O–H groups in total. The number of nitrogens with one attached hydrogen (secondary N) is 3. The number of halogens is 5. The molecule has 2 saturated heterocycles. The number of amides is 1. The molecule has 1 aromatic rings. The average molecular weight is 422 g/mol. The molecule has 5 unspecified atom stereocenters. The van der Waals surface area contributed by atoms with E-state index in [4.69, 9.17) is 0 Å². The molecule has 162 valence electrons. The summed E-state index contributed by atoms with van der Waals surface area (Å²) >= 11 is 0. The molecule has 2 heterocycles. The monoisotopic (exact) mass is 422 g/mol. The summed E-state index contributed by atoms with van der Waals surface area (Å²) in [6, 6.07) is 2.27. The van der Waals surface area contributed by atoms with Crippen molar-refractivity contribution in [2.24, 2.45) is 11.3 Å². The van der Waals surface area contributed by atoms with Gasteiger partial charge in [0.25, 0.3) is 6.43 Å². The first-order valence-electron chi connectivity index (χ1n) is 9.05. The SMILES string of the molecule is CC(C)(C)C(c1ccc(C(F)(F)F)cc1)N1NC(C(F)F)C2C(=O)NC(O)NC21. The van der Waals surface area contributed by atoms with Crippen molar-refractivity contribution in [2.45, 2.75) is 58.0 Å². The molecule has 2 fully saturated rings. The lowest BCUT2D eigenvalue weighted by Crippen LogP contribution is -2.65. The van der Waals surface area contributed by atoms with E-state index in [9.17, 15) is 31.9 Å². The molecular formula is C18H23F5N4O2. The molecule has 6 nitrogen and oxygen atoms in total. The van der Waals surface area contributed by atoms with E-state index in [1.165, 1.54) is 17.1 Å². The summed E-state index contributed by atoms with van der Waals surface area (Å²) in [6.45, 7) is 5.42. The molecule has 2 aliphatic rings. The second kappa shape index (κ2) is 7.46. The molecule has 2 aliphatic heterocycles. The molecule has 0 bridgehead atoms. The zero-order chi connectivity index (χ0) is 21.7. The van der Waals surface area contributed by atoms with Crippen LogP contribution in [-0.4, -0.2) is 41.0 Å². The molecule has 0 aliphatic carbocycles. The normalized spacial score (nSPS) is 29.7. The van der Waals surface area contributed by atoms with Gasteiger partial charge in [-0.05, 0) is 23.1 Å². The van der Waals surface area contributed by atoms with Crippen LogP contribution in [0.4, 0.5) is 22.0 Å². The first-order valence-corrected chi connectivity index (χ1v) is 9.05. The summed E-state index contributed by atoms with van der Waals surface area (Å²) in [4.78, 5) is 12.3. The first-order chi connectivity index (χ1) is 13.3. The fraction of sp³-hybridized carbons (Fsp3) is 0.611. The van der Waals surface area contributed by atoms with Gasteiger partial charge in [-0.3, -0.25) is 10.1 Å². The van der Waals surface area contributed by atoms with Crippen molar-refractivity contribution in [1.82, 2.24) is 21.1 Å². The Morgan fingerprint density at radius 2 is 1.69 bits per heavy atom. The summed E-state index contributed by atoms with van der Waals surface area (Å²) in [5, 5.41) is 16.1. The van der Waals surface area contributed by atoms with Crippen LogP contribution in [0.15, 0.2) is 24.3 Å². The van der Waals surface area contributed by atoms with Gasteiger partial charge in [-0.1, -0.05) is 32.9 Å². The summed E-state index contributed by atoms with van der Waals surface area (Å²) in [5.41, 5.74) is 1.67. The van der Waals surface area contributed by atoms with Gasteiger partial charge in [0, 0.05) is 0 Å². The van der Waals surface area contributed by atoms with E-state index in [1.54, 1.807) is 20.8 Å². The van der Waals surface area contributed by atoms with Crippen molar-refractivity contribution in [2.75, 3.05) is 0 Å². The molecule has 29 heavy (non-hydrogen) atoms. The van der Waals surface area contributed by atoms with Gasteiger partial charge in [0.05, 0.1) is 29.7 Å². The lowest BCUT2D eigenvalue weighted by Gasteiger charge is -2.43. The standard InChI is InChI=1S/C18H23F5N4O2/c1-17(2,3)12(8-4-6-9(7-5-8)18(21,22)23)27-14-10(11(26-27)13(19)20)15(28)25-16(29)24-14/h4-7,10-14,16,24,26,29H,1-3H3,(H,25,28). The van der Waals surface area contributed by atoms with Crippen molar-refractivity contribution < 1.29 is 31.9 Å². The Hall–Kier alpha value is -1.82. The number of nitrogens with zero attached hydrogens (tertiary/aromatic N) is 1. The number of alkyl halides is 5. The van der Waals surface area contributed by atoms with E-state index in [-0.39, 0.29) is 0 Å². The molecule has 1 amide bonds. The van der Waals surface area contributed by atoms with Crippen LogP contribution >= 0.6 is 0 Å². The highest BCUT2D eigenvalue weighted by Gasteiger charge is 2.55. The Kier molecular flexibility index (Phi) is 5.63. The molecule has 0 spiro atoms. The second-order valence-electron chi connectivity index (χ2n) is 8.33. The molecule has 5 atom stereocenters. The minimum absolute atomic E-state index is 0.453. The Balaban J connectivity index is 2.01. The van der Waals surface area contributed by atoms with E-state index in [0.717, 1.165) is 12.1 Å². The van der Waals surface area contributed by atoms with Crippen LogP contribution in [0.2, 0.25) is 0 Å². The Bertz CT molecular complexity index is 750. The largest absolute Gasteiger partial charge is 0.416 e. The smallest absolute Gasteiger partial charge is 0.361 e. The highest BCUT2D eigenvalue weighted by molar-refractivity contribution is 5.81. The van der Waals surface area contributed by atoms with E-state index < -0.39 is 60.0 Å². The van der Waals surface area contributed by atoms with Crippen molar-refractivity contribution in [3.8, 4) is 0 Å². The Labute approximate surface area is 164 Å². The van der Waals surface area contributed by atoms with E-state index in [0.29, 0.717) is 5.56 Å². The topological polar surface area (TPSA) is 76.6 Å². The fourth-order valence-electron chi connectivity index (χ4n) is 4.01.